The molecule has 1 saturated heterocycles. The van der Waals surface area contributed by atoms with Crippen LogP contribution < -0.4 is 5.32 Å². The third-order valence-electron chi connectivity index (χ3n) is 3.65. The van der Waals surface area contributed by atoms with E-state index < -0.39 is 0 Å². The topological polar surface area (TPSA) is 46.0 Å². The Kier molecular flexibility index (Phi) is 2.65. The number of rotatable bonds is 2. The molecule has 3 heterocycles. The first-order valence-electron chi connectivity index (χ1n) is 6.13. The van der Waals surface area contributed by atoms with Gasteiger partial charge in [0, 0.05) is 19.5 Å². The zero-order chi connectivity index (χ0) is 11.0. The molecule has 1 aromatic heterocycles. The molecule has 0 aromatic carbocycles. The molecular weight excluding hydrogens is 202 g/mol. The largest absolute Gasteiger partial charge is 0.316 e. The van der Waals surface area contributed by atoms with Crippen LogP contribution in [0.3, 0.4) is 0 Å². The van der Waals surface area contributed by atoms with E-state index in [1.165, 1.54) is 12.2 Å². The maximum Gasteiger partial charge on any atom is 0.147 e. The summed E-state index contributed by atoms with van der Waals surface area (Å²) in [5.41, 5.74) is 0. The minimum Gasteiger partial charge on any atom is -0.316 e. The van der Waals surface area contributed by atoms with E-state index >= 15 is 0 Å². The molecule has 1 aromatic rings. The Labute approximate surface area is 95.8 Å². The molecular formula is C11H19N5. The van der Waals surface area contributed by atoms with Crippen LogP contribution in [0.5, 0.6) is 0 Å². The SMILES string of the molecule is CN1CCn2c(CC3CCNC3)nnc2C1. The number of hydrogen-bond acceptors (Lipinski definition) is 4. The van der Waals surface area contributed by atoms with Gasteiger partial charge in [0.2, 0.25) is 0 Å². The summed E-state index contributed by atoms with van der Waals surface area (Å²) in [4.78, 5) is 2.30. The first-order valence-corrected chi connectivity index (χ1v) is 6.13. The summed E-state index contributed by atoms with van der Waals surface area (Å²) in [5.74, 6) is 3.08. The van der Waals surface area contributed by atoms with Gasteiger partial charge in [0.15, 0.2) is 0 Å². The fourth-order valence-corrected chi connectivity index (χ4v) is 2.64. The van der Waals surface area contributed by atoms with Crippen molar-refractivity contribution < 1.29 is 0 Å². The number of hydrogen-bond donors (Lipinski definition) is 1. The maximum absolute atomic E-state index is 4.35. The average molecular weight is 221 g/mol. The molecule has 1 atom stereocenters. The summed E-state index contributed by atoms with van der Waals surface area (Å²) >= 11 is 0. The summed E-state index contributed by atoms with van der Waals surface area (Å²) in [6.07, 6.45) is 2.37. The van der Waals surface area contributed by atoms with E-state index in [9.17, 15) is 0 Å². The van der Waals surface area contributed by atoms with Crippen LogP contribution in [0.25, 0.3) is 0 Å². The van der Waals surface area contributed by atoms with Crippen molar-refractivity contribution in [2.75, 3.05) is 26.7 Å². The first kappa shape index (κ1) is 10.2. The van der Waals surface area contributed by atoms with Crippen LogP contribution in [-0.4, -0.2) is 46.3 Å². The Morgan fingerprint density at radius 3 is 3.12 bits per heavy atom. The minimum absolute atomic E-state index is 0.757. The highest BCUT2D eigenvalue weighted by molar-refractivity contribution is 5.00. The fourth-order valence-electron chi connectivity index (χ4n) is 2.64. The van der Waals surface area contributed by atoms with Crippen LogP contribution in [0.15, 0.2) is 0 Å². The number of nitrogens with one attached hydrogen (secondary N) is 1. The Balaban J connectivity index is 1.75. The van der Waals surface area contributed by atoms with Gasteiger partial charge in [0.05, 0.1) is 6.54 Å². The molecule has 88 valence electrons. The van der Waals surface area contributed by atoms with Gasteiger partial charge in [-0.3, -0.25) is 4.90 Å². The van der Waals surface area contributed by atoms with E-state index in [1.807, 2.05) is 0 Å². The Morgan fingerprint density at radius 1 is 1.38 bits per heavy atom. The summed E-state index contributed by atoms with van der Waals surface area (Å²) in [6, 6.07) is 0. The Hall–Kier alpha value is -0.940. The van der Waals surface area contributed by atoms with Gasteiger partial charge < -0.3 is 9.88 Å². The molecule has 2 aliphatic rings. The van der Waals surface area contributed by atoms with E-state index in [-0.39, 0.29) is 0 Å². The second-order valence-corrected chi connectivity index (χ2v) is 4.98. The molecule has 1 N–H and O–H groups in total. The van der Waals surface area contributed by atoms with Gasteiger partial charge in [-0.15, -0.1) is 10.2 Å². The highest BCUT2D eigenvalue weighted by Gasteiger charge is 2.22. The molecule has 5 nitrogen and oxygen atoms in total. The first-order chi connectivity index (χ1) is 7.83. The van der Waals surface area contributed by atoms with E-state index in [1.54, 1.807) is 0 Å². The summed E-state index contributed by atoms with van der Waals surface area (Å²) in [7, 11) is 2.14. The van der Waals surface area contributed by atoms with Crippen molar-refractivity contribution in [3.05, 3.63) is 11.6 Å². The van der Waals surface area contributed by atoms with E-state index in [2.05, 4.69) is 32.0 Å². The molecule has 0 amide bonds. The van der Waals surface area contributed by atoms with Gasteiger partial charge in [-0.25, -0.2) is 0 Å². The van der Waals surface area contributed by atoms with Gasteiger partial charge in [-0.2, -0.15) is 0 Å². The van der Waals surface area contributed by atoms with Crippen molar-refractivity contribution in [1.29, 1.82) is 0 Å². The van der Waals surface area contributed by atoms with Crippen LogP contribution in [-0.2, 0) is 19.5 Å². The second-order valence-electron chi connectivity index (χ2n) is 4.98. The van der Waals surface area contributed by atoms with Crippen molar-refractivity contribution in [1.82, 2.24) is 25.0 Å². The molecule has 0 bridgehead atoms. The zero-order valence-electron chi connectivity index (χ0n) is 9.82. The monoisotopic (exact) mass is 221 g/mol. The lowest BCUT2D eigenvalue weighted by Gasteiger charge is -2.24. The van der Waals surface area contributed by atoms with Gasteiger partial charge in [0.25, 0.3) is 0 Å². The summed E-state index contributed by atoms with van der Waals surface area (Å²) in [5, 5.41) is 12.1. The van der Waals surface area contributed by atoms with Crippen LogP contribution in [0.4, 0.5) is 0 Å². The van der Waals surface area contributed by atoms with Gasteiger partial charge in [0.1, 0.15) is 11.6 Å². The molecule has 16 heavy (non-hydrogen) atoms. The van der Waals surface area contributed by atoms with E-state index in [4.69, 9.17) is 0 Å². The number of nitrogens with zero attached hydrogens (tertiary/aromatic N) is 4. The molecule has 1 fully saturated rings. The van der Waals surface area contributed by atoms with Crippen LogP contribution in [0.1, 0.15) is 18.1 Å². The van der Waals surface area contributed by atoms with Crippen molar-refractivity contribution in [2.24, 2.45) is 5.92 Å². The number of likely N-dealkylation sites (N-methyl/N-ethyl adjacent to an activating group) is 1. The standard InChI is InChI=1S/C11H19N5/c1-15-4-5-16-10(13-14-11(16)8-15)6-9-2-3-12-7-9/h9,12H,2-8H2,1H3. The van der Waals surface area contributed by atoms with Gasteiger partial charge in [-0.05, 0) is 32.5 Å². The van der Waals surface area contributed by atoms with Gasteiger partial charge >= 0.3 is 0 Å². The highest BCUT2D eigenvalue weighted by Crippen LogP contribution is 2.17. The molecule has 5 heteroatoms. The van der Waals surface area contributed by atoms with Crippen LogP contribution in [0, 0.1) is 5.92 Å². The normalized spacial score (nSPS) is 25.9. The molecule has 0 radical (unpaired) electrons. The van der Waals surface area contributed by atoms with Crippen molar-refractivity contribution in [2.45, 2.75) is 25.9 Å². The lowest BCUT2D eigenvalue weighted by molar-refractivity contribution is 0.261. The molecule has 0 aliphatic carbocycles. The van der Waals surface area contributed by atoms with Gasteiger partial charge in [-0.1, -0.05) is 0 Å². The second kappa shape index (κ2) is 4.14. The molecule has 2 aliphatic heterocycles. The van der Waals surface area contributed by atoms with E-state index in [0.717, 1.165) is 50.9 Å². The maximum atomic E-state index is 4.35. The zero-order valence-corrected chi connectivity index (χ0v) is 9.82. The summed E-state index contributed by atoms with van der Waals surface area (Å²) in [6.45, 7) is 5.40. The molecule has 1 unspecified atom stereocenters. The van der Waals surface area contributed by atoms with Crippen LogP contribution >= 0.6 is 0 Å². The average Bonchev–Trinajstić information content (AvgIpc) is 2.89. The fraction of sp³-hybridized carbons (Fsp3) is 0.818. The smallest absolute Gasteiger partial charge is 0.147 e. The predicted octanol–water partition coefficient (Wildman–Crippen LogP) is -0.124. The third-order valence-corrected chi connectivity index (χ3v) is 3.65. The Morgan fingerprint density at radius 2 is 2.31 bits per heavy atom. The highest BCUT2D eigenvalue weighted by atomic mass is 15.3. The van der Waals surface area contributed by atoms with Crippen LogP contribution in [0.2, 0.25) is 0 Å². The quantitative estimate of drug-likeness (QED) is 0.756. The number of fused-ring (bicyclic) bond motifs is 1. The summed E-state index contributed by atoms with van der Waals surface area (Å²) < 4.78 is 2.32. The van der Waals surface area contributed by atoms with Crippen molar-refractivity contribution in [3.63, 3.8) is 0 Å². The third kappa shape index (κ3) is 1.85. The number of aromatic nitrogens is 3. The molecule has 3 rings (SSSR count). The lowest BCUT2D eigenvalue weighted by atomic mass is 10.0. The van der Waals surface area contributed by atoms with E-state index in [0.29, 0.717) is 0 Å². The van der Waals surface area contributed by atoms with Crippen molar-refractivity contribution >= 4 is 0 Å². The molecule has 0 spiro atoms. The lowest BCUT2D eigenvalue weighted by Crippen LogP contribution is -2.31. The van der Waals surface area contributed by atoms with Crippen molar-refractivity contribution in [3.8, 4) is 0 Å². The predicted molar refractivity (Wildman–Crippen MR) is 61.0 cm³/mol. The minimum atomic E-state index is 0.757. The molecule has 0 saturated carbocycles. The Bertz CT molecular complexity index is 366.